The van der Waals surface area contributed by atoms with Crippen molar-refractivity contribution in [2.45, 2.75) is 192 Å². The molecular formula is C51H82O10. The van der Waals surface area contributed by atoms with Crippen LogP contribution in [-0.2, 0) is 28.5 Å². The van der Waals surface area contributed by atoms with Gasteiger partial charge in [-0.2, -0.15) is 0 Å². The monoisotopic (exact) mass is 855 g/mol. The summed E-state index contributed by atoms with van der Waals surface area (Å²) in [6.07, 6.45) is 47.2. The average Bonchev–Trinajstić information content (AvgIpc) is 3.26. The molecule has 4 N–H and O–H groups in total. The topological polar surface area (TPSA) is 152 Å². The molecule has 0 saturated carbocycles. The summed E-state index contributed by atoms with van der Waals surface area (Å²) in [6, 6.07) is 0. The Hall–Kier alpha value is -3.38. The standard InChI is InChI=1S/C51H82O10/c1-3-5-7-9-11-13-15-17-18-19-20-21-22-23-24-25-26-28-30-32-34-36-38-40-47(54)60-44(43-59-51-50(57)49(56)48(55)45(41-52)61-51)42-58-46(53)39-37-35-33-31-29-27-16-14-12-10-8-6-4-2/h5-8,11-14,17-18,20-21,27,29,33,35,44-45,48-52,55-57H,3-4,9-10,15-16,19,22-26,28,30-32,34,36-43H2,1-2H3/b7-5-,8-6-,13-11-,14-12-,18-17-,21-20-,29-27-,35-33-. The fourth-order valence-corrected chi connectivity index (χ4v) is 6.37. The van der Waals surface area contributed by atoms with Gasteiger partial charge < -0.3 is 39.4 Å². The summed E-state index contributed by atoms with van der Waals surface area (Å²) in [5, 5.41) is 40.1. The van der Waals surface area contributed by atoms with E-state index in [1.54, 1.807) is 0 Å². The van der Waals surface area contributed by atoms with Crippen LogP contribution in [0.4, 0.5) is 0 Å². The molecule has 1 rings (SSSR count). The van der Waals surface area contributed by atoms with E-state index in [1.807, 2.05) is 12.2 Å². The number of carbonyl (C=O) groups is 2. The van der Waals surface area contributed by atoms with Crippen LogP contribution < -0.4 is 0 Å². The first-order chi connectivity index (χ1) is 29.8. The van der Waals surface area contributed by atoms with Gasteiger partial charge in [0.05, 0.1) is 13.2 Å². The Balaban J connectivity index is 2.32. The third-order valence-electron chi connectivity index (χ3n) is 9.98. The summed E-state index contributed by atoms with van der Waals surface area (Å²) >= 11 is 0. The van der Waals surface area contributed by atoms with Crippen molar-refractivity contribution in [1.82, 2.24) is 0 Å². The largest absolute Gasteiger partial charge is 0.462 e. The minimum Gasteiger partial charge on any atom is -0.462 e. The molecule has 61 heavy (non-hydrogen) atoms. The molecule has 6 unspecified atom stereocenters. The second-order valence-electron chi connectivity index (χ2n) is 15.4. The molecule has 0 aromatic heterocycles. The molecule has 0 radical (unpaired) electrons. The summed E-state index contributed by atoms with van der Waals surface area (Å²) < 4.78 is 22.1. The molecule has 1 fully saturated rings. The number of rotatable bonds is 37. The van der Waals surface area contributed by atoms with Crippen molar-refractivity contribution in [3.63, 3.8) is 0 Å². The summed E-state index contributed by atoms with van der Waals surface area (Å²) in [4.78, 5) is 25.3. The fraction of sp³-hybridized carbons (Fsp3) is 0.647. The molecule has 10 nitrogen and oxygen atoms in total. The van der Waals surface area contributed by atoms with Crippen molar-refractivity contribution in [2.75, 3.05) is 19.8 Å². The number of hydrogen-bond acceptors (Lipinski definition) is 10. The average molecular weight is 855 g/mol. The SMILES string of the molecule is CC/C=C\C/C=C\C/C=C\C/C=C\CCCCCCCCCCCCC(=O)OC(COC(=O)CC/C=C\C/C=C\C/C=C\C/C=C\CC)COC1OC(CO)C(O)C(O)C1O. The fourth-order valence-electron chi connectivity index (χ4n) is 6.37. The van der Waals surface area contributed by atoms with Crippen LogP contribution in [-0.4, -0.2) is 89.0 Å². The van der Waals surface area contributed by atoms with Gasteiger partial charge in [-0.3, -0.25) is 9.59 Å². The zero-order valence-corrected chi connectivity index (χ0v) is 37.6. The molecule has 10 heteroatoms. The molecule has 346 valence electrons. The van der Waals surface area contributed by atoms with Crippen LogP contribution in [0.1, 0.15) is 155 Å². The van der Waals surface area contributed by atoms with E-state index in [0.29, 0.717) is 12.8 Å². The second kappa shape index (κ2) is 40.7. The quantitative estimate of drug-likeness (QED) is 0.0270. The maximum atomic E-state index is 12.8. The maximum absolute atomic E-state index is 12.8. The van der Waals surface area contributed by atoms with Crippen LogP contribution in [0.2, 0.25) is 0 Å². The van der Waals surface area contributed by atoms with E-state index in [-0.39, 0.29) is 26.1 Å². The van der Waals surface area contributed by atoms with Crippen molar-refractivity contribution in [3.05, 3.63) is 97.2 Å². The summed E-state index contributed by atoms with van der Waals surface area (Å²) in [5.74, 6) is -0.915. The molecule has 1 heterocycles. The highest BCUT2D eigenvalue weighted by atomic mass is 16.7. The Morgan fingerprint density at radius 2 is 0.951 bits per heavy atom. The van der Waals surface area contributed by atoms with E-state index in [4.69, 9.17) is 18.9 Å². The van der Waals surface area contributed by atoms with Crippen molar-refractivity contribution in [1.29, 1.82) is 0 Å². The summed E-state index contributed by atoms with van der Waals surface area (Å²) in [5.41, 5.74) is 0. The summed E-state index contributed by atoms with van der Waals surface area (Å²) in [7, 11) is 0. The molecule has 0 aliphatic carbocycles. The first-order valence-electron chi connectivity index (χ1n) is 23.3. The van der Waals surface area contributed by atoms with Crippen LogP contribution >= 0.6 is 0 Å². The van der Waals surface area contributed by atoms with Crippen LogP contribution in [0.25, 0.3) is 0 Å². The predicted molar refractivity (Wildman–Crippen MR) is 247 cm³/mol. The second-order valence-corrected chi connectivity index (χ2v) is 15.4. The van der Waals surface area contributed by atoms with E-state index >= 15 is 0 Å². The molecule has 1 saturated heterocycles. The minimum absolute atomic E-state index is 0.148. The minimum atomic E-state index is -1.61. The molecule has 0 aromatic rings. The molecule has 6 atom stereocenters. The number of ether oxygens (including phenoxy) is 4. The van der Waals surface area contributed by atoms with Gasteiger partial charge in [0, 0.05) is 12.8 Å². The predicted octanol–water partition coefficient (Wildman–Crippen LogP) is 10.3. The van der Waals surface area contributed by atoms with Gasteiger partial charge in [-0.05, 0) is 77.0 Å². The zero-order chi connectivity index (χ0) is 44.4. The van der Waals surface area contributed by atoms with Gasteiger partial charge >= 0.3 is 11.9 Å². The number of carbonyl (C=O) groups excluding carboxylic acids is 2. The van der Waals surface area contributed by atoms with E-state index in [9.17, 15) is 30.0 Å². The number of aliphatic hydroxyl groups excluding tert-OH is 4. The van der Waals surface area contributed by atoms with Crippen LogP contribution in [0, 0.1) is 0 Å². The van der Waals surface area contributed by atoms with Crippen LogP contribution in [0.3, 0.4) is 0 Å². The normalized spacial score (nSPS) is 20.7. The van der Waals surface area contributed by atoms with Gasteiger partial charge in [0.1, 0.15) is 31.0 Å². The van der Waals surface area contributed by atoms with Crippen molar-refractivity contribution >= 4 is 11.9 Å². The third kappa shape index (κ3) is 32.0. The number of hydrogen-bond donors (Lipinski definition) is 4. The summed E-state index contributed by atoms with van der Waals surface area (Å²) in [6.45, 7) is 3.10. The van der Waals surface area contributed by atoms with E-state index in [0.717, 1.165) is 77.0 Å². The van der Waals surface area contributed by atoms with E-state index in [2.05, 4.69) is 98.9 Å². The first-order valence-corrected chi connectivity index (χ1v) is 23.3. The lowest BCUT2D eigenvalue weighted by molar-refractivity contribution is -0.305. The van der Waals surface area contributed by atoms with Gasteiger partial charge in [0.25, 0.3) is 0 Å². The molecule has 0 amide bonds. The van der Waals surface area contributed by atoms with Gasteiger partial charge in [0.15, 0.2) is 12.4 Å². The lowest BCUT2D eigenvalue weighted by Gasteiger charge is -2.39. The van der Waals surface area contributed by atoms with Crippen LogP contribution in [0.5, 0.6) is 0 Å². The Bertz CT molecular complexity index is 1310. The Kier molecular flexibility index (Phi) is 37.1. The molecular weight excluding hydrogens is 773 g/mol. The lowest BCUT2D eigenvalue weighted by Crippen LogP contribution is -2.59. The lowest BCUT2D eigenvalue weighted by atomic mass is 9.99. The van der Waals surface area contributed by atoms with E-state index < -0.39 is 55.4 Å². The number of aliphatic hydroxyl groups is 4. The Morgan fingerprint density at radius 3 is 1.44 bits per heavy atom. The highest BCUT2D eigenvalue weighted by Gasteiger charge is 2.44. The first kappa shape index (κ1) is 55.6. The van der Waals surface area contributed by atoms with Gasteiger partial charge in [-0.1, -0.05) is 162 Å². The number of esters is 2. The number of allylic oxidation sites excluding steroid dienone is 16. The maximum Gasteiger partial charge on any atom is 0.306 e. The van der Waals surface area contributed by atoms with Crippen molar-refractivity contribution < 1.29 is 49.0 Å². The highest BCUT2D eigenvalue weighted by Crippen LogP contribution is 2.22. The van der Waals surface area contributed by atoms with Crippen molar-refractivity contribution in [2.24, 2.45) is 0 Å². The molecule has 1 aliphatic rings. The van der Waals surface area contributed by atoms with Crippen molar-refractivity contribution in [3.8, 4) is 0 Å². The van der Waals surface area contributed by atoms with E-state index in [1.165, 1.54) is 38.5 Å². The highest BCUT2D eigenvalue weighted by molar-refractivity contribution is 5.70. The zero-order valence-electron chi connectivity index (χ0n) is 37.6. The van der Waals surface area contributed by atoms with Gasteiger partial charge in [0.2, 0.25) is 0 Å². The third-order valence-corrected chi connectivity index (χ3v) is 9.98. The Labute approximate surface area is 368 Å². The molecule has 0 aromatic carbocycles. The van der Waals surface area contributed by atoms with Crippen LogP contribution in [0.15, 0.2) is 97.2 Å². The smallest absolute Gasteiger partial charge is 0.306 e. The molecule has 1 aliphatic heterocycles. The van der Waals surface area contributed by atoms with Gasteiger partial charge in [-0.15, -0.1) is 0 Å². The number of unbranched alkanes of at least 4 members (excludes halogenated alkanes) is 10. The Morgan fingerprint density at radius 1 is 0.508 bits per heavy atom. The van der Waals surface area contributed by atoms with Gasteiger partial charge in [-0.25, -0.2) is 0 Å². The molecule has 0 bridgehead atoms. The molecule has 0 spiro atoms.